The van der Waals surface area contributed by atoms with Gasteiger partial charge in [-0.3, -0.25) is 9.69 Å². The van der Waals surface area contributed by atoms with Crippen LogP contribution >= 0.6 is 15.9 Å². The Morgan fingerprint density at radius 1 is 1.53 bits per heavy atom. The van der Waals surface area contributed by atoms with Crippen LogP contribution in [0.4, 0.5) is 0 Å². The number of carbonyl (C=O) groups is 1. The number of hydrogen-bond acceptors (Lipinski definition) is 4. The number of ether oxygens (including phenoxy) is 1. The van der Waals surface area contributed by atoms with Gasteiger partial charge in [-0.05, 0) is 25.2 Å². The molecule has 2 N–H and O–H groups in total. The van der Waals surface area contributed by atoms with Gasteiger partial charge in [0.05, 0.1) is 13.2 Å². The molecule has 0 unspecified atom stereocenters. The number of phenolic OH excluding ortho intramolecular Hbond substituents is 1. The maximum Gasteiger partial charge on any atom is 0.234 e. The van der Waals surface area contributed by atoms with Gasteiger partial charge in [-0.15, -0.1) is 0 Å². The summed E-state index contributed by atoms with van der Waals surface area (Å²) in [6.07, 6.45) is 0. The summed E-state index contributed by atoms with van der Waals surface area (Å²) in [4.78, 5) is 13.4. The minimum atomic E-state index is -0.0611. The molecule has 0 heterocycles. The summed E-state index contributed by atoms with van der Waals surface area (Å²) in [5.74, 6) is 0.170. The Kier molecular flexibility index (Phi) is 6.83. The molecule has 0 atom stereocenters. The van der Waals surface area contributed by atoms with Crippen LogP contribution in [0.15, 0.2) is 22.7 Å². The lowest BCUT2D eigenvalue weighted by Crippen LogP contribution is -2.36. The van der Waals surface area contributed by atoms with E-state index in [1.165, 1.54) is 0 Å². The fourth-order valence-electron chi connectivity index (χ4n) is 1.62. The Hall–Kier alpha value is -1.11. The second-order valence-electron chi connectivity index (χ2n) is 4.29. The van der Waals surface area contributed by atoms with Crippen LogP contribution in [0.5, 0.6) is 5.75 Å². The van der Waals surface area contributed by atoms with Gasteiger partial charge in [-0.25, -0.2) is 0 Å². The number of aromatic hydroxyl groups is 1. The number of carbonyl (C=O) groups excluding carboxylic acids is 1. The lowest BCUT2D eigenvalue weighted by Gasteiger charge is -2.17. The van der Waals surface area contributed by atoms with Gasteiger partial charge in [0, 0.05) is 30.2 Å². The minimum Gasteiger partial charge on any atom is -0.508 e. The lowest BCUT2D eigenvalue weighted by molar-refractivity contribution is -0.122. The molecule has 1 aromatic rings. The highest BCUT2D eigenvalue weighted by Crippen LogP contribution is 2.22. The van der Waals surface area contributed by atoms with Crippen molar-refractivity contribution in [2.45, 2.75) is 6.54 Å². The number of methoxy groups -OCH3 is 1. The van der Waals surface area contributed by atoms with Crippen LogP contribution in [0.1, 0.15) is 5.56 Å². The van der Waals surface area contributed by atoms with Gasteiger partial charge in [-0.2, -0.15) is 0 Å². The monoisotopic (exact) mass is 330 g/mol. The summed E-state index contributed by atoms with van der Waals surface area (Å²) >= 11 is 3.36. The molecule has 0 saturated carbocycles. The van der Waals surface area contributed by atoms with Gasteiger partial charge in [0.2, 0.25) is 5.91 Å². The zero-order valence-corrected chi connectivity index (χ0v) is 12.7. The molecule has 0 aliphatic heterocycles. The average Bonchev–Trinajstić information content (AvgIpc) is 2.34. The van der Waals surface area contributed by atoms with Gasteiger partial charge >= 0.3 is 0 Å². The van der Waals surface area contributed by atoms with Gasteiger partial charge in [0.15, 0.2) is 0 Å². The highest BCUT2D eigenvalue weighted by Gasteiger charge is 2.09. The summed E-state index contributed by atoms with van der Waals surface area (Å²) in [5, 5.41) is 12.5. The molecule has 0 aliphatic carbocycles. The van der Waals surface area contributed by atoms with Crippen LogP contribution in [0.3, 0.4) is 0 Å². The number of benzene rings is 1. The quantitative estimate of drug-likeness (QED) is 0.741. The summed E-state index contributed by atoms with van der Waals surface area (Å²) in [7, 11) is 3.42. The number of halogens is 1. The first kappa shape index (κ1) is 15.9. The van der Waals surface area contributed by atoms with E-state index < -0.39 is 0 Å². The molecule has 1 rings (SSSR count). The Bertz CT molecular complexity index is 426. The summed E-state index contributed by atoms with van der Waals surface area (Å²) in [5.41, 5.74) is 0.779. The fourth-order valence-corrected chi connectivity index (χ4v) is 2.03. The molecular formula is C13H19BrN2O3. The van der Waals surface area contributed by atoms with E-state index in [1.54, 1.807) is 19.2 Å². The first-order valence-electron chi connectivity index (χ1n) is 5.94. The molecule has 0 aliphatic rings. The number of hydrogen-bond donors (Lipinski definition) is 2. The van der Waals surface area contributed by atoms with E-state index in [0.717, 1.165) is 10.0 Å². The van der Waals surface area contributed by atoms with Crippen molar-refractivity contribution in [2.24, 2.45) is 0 Å². The Labute approximate surface area is 121 Å². The van der Waals surface area contributed by atoms with Crippen LogP contribution in [-0.4, -0.2) is 49.8 Å². The molecule has 19 heavy (non-hydrogen) atoms. The lowest BCUT2D eigenvalue weighted by atomic mass is 10.2. The maximum atomic E-state index is 11.6. The fraction of sp³-hybridized carbons (Fsp3) is 0.462. The SMILES string of the molecule is COCCNC(=O)CN(C)Cc1cc(Br)ccc1O. The van der Waals surface area contributed by atoms with Crippen molar-refractivity contribution in [3.63, 3.8) is 0 Å². The number of amides is 1. The first-order chi connectivity index (χ1) is 9.02. The van der Waals surface area contributed by atoms with Crippen molar-refractivity contribution in [1.82, 2.24) is 10.2 Å². The van der Waals surface area contributed by atoms with E-state index >= 15 is 0 Å². The molecule has 0 fully saturated rings. The van der Waals surface area contributed by atoms with Crippen LogP contribution in [0.2, 0.25) is 0 Å². The molecule has 5 nitrogen and oxygen atoms in total. The van der Waals surface area contributed by atoms with Crippen molar-refractivity contribution in [3.05, 3.63) is 28.2 Å². The Morgan fingerprint density at radius 3 is 2.95 bits per heavy atom. The number of nitrogens with zero attached hydrogens (tertiary/aromatic N) is 1. The molecule has 0 saturated heterocycles. The minimum absolute atomic E-state index is 0.0611. The highest BCUT2D eigenvalue weighted by atomic mass is 79.9. The molecular weight excluding hydrogens is 312 g/mol. The van der Waals surface area contributed by atoms with Gasteiger partial charge in [0.25, 0.3) is 0 Å². The highest BCUT2D eigenvalue weighted by molar-refractivity contribution is 9.10. The van der Waals surface area contributed by atoms with E-state index in [0.29, 0.717) is 19.7 Å². The summed E-state index contributed by atoms with van der Waals surface area (Å²) < 4.78 is 5.76. The number of nitrogens with one attached hydrogen (secondary N) is 1. The van der Waals surface area contributed by atoms with Gasteiger partial charge < -0.3 is 15.2 Å². The molecule has 1 amide bonds. The van der Waals surface area contributed by atoms with E-state index in [2.05, 4.69) is 21.2 Å². The molecule has 0 aromatic heterocycles. The van der Waals surface area contributed by atoms with Crippen LogP contribution < -0.4 is 5.32 Å². The third-order valence-corrected chi connectivity index (χ3v) is 3.02. The number of likely N-dealkylation sites (N-methyl/N-ethyl adjacent to an activating group) is 1. The molecule has 6 heteroatoms. The van der Waals surface area contributed by atoms with E-state index in [-0.39, 0.29) is 18.2 Å². The van der Waals surface area contributed by atoms with Crippen LogP contribution in [0, 0.1) is 0 Å². The second-order valence-corrected chi connectivity index (χ2v) is 5.20. The maximum absolute atomic E-state index is 11.6. The predicted octanol–water partition coefficient (Wildman–Crippen LogP) is 1.35. The van der Waals surface area contributed by atoms with Gasteiger partial charge in [0.1, 0.15) is 5.75 Å². The van der Waals surface area contributed by atoms with Crippen molar-refractivity contribution < 1.29 is 14.6 Å². The van der Waals surface area contributed by atoms with E-state index in [1.807, 2.05) is 18.0 Å². The molecule has 0 radical (unpaired) electrons. The largest absolute Gasteiger partial charge is 0.508 e. The van der Waals surface area contributed by atoms with Crippen molar-refractivity contribution in [2.75, 3.05) is 33.9 Å². The van der Waals surface area contributed by atoms with Crippen molar-refractivity contribution in [1.29, 1.82) is 0 Å². The first-order valence-corrected chi connectivity index (χ1v) is 6.73. The number of phenols is 1. The zero-order valence-electron chi connectivity index (χ0n) is 11.1. The summed E-state index contributed by atoms with van der Waals surface area (Å²) in [6, 6.07) is 5.25. The molecule has 1 aromatic carbocycles. The topological polar surface area (TPSA) is 61.8 Å². The Morgan fingerprint density at radius 2 is 2.26 bits per heavy atom. The third-order valence-electron chi connectivity index (χ3n) is 2.52. The van der Waals surface area contributed by atoms with E-state index in [9.17, 15) is 9.90 Å². The van der Waals surface area contributed by atoms with Crippen LogP contribution in [-0.2, 0) is 16.1 Å². The summed E-state index contributed by atoms with van der Waals surface area (Å²) in [6.45, 7) is 1.78. The normalized spacial score (nSPS) is 10.7. The van der Waals surface area contributed by atoms with Gasteiger partial charge in [-0.1, -0.05) is 15.9 Å². The average molecular weight is 331 g/mol. The molecule has 0 spiro atoms. The standard InChI is InChI=1S/C13H19BrN2O3/c1-16(9-13(18)15-5-6-19-2)8-10-7-11(14)3-4-12(10)17/h3-4,7,17H,5-6,8-9H2,1-2H3,(H,15,18). The second kappa shape index (κ2) is 8.14. The Balaban J connectivity index is 2.44. The van der Waals surface area contributed by atoms with Crippen molar-refractivity contribution in [3.8, 4) is 5.75 Å². The van der Waals surface area contributed by atoms with E-state index in [4.69, 9.17) is 4.74 Å². The molecule has 106 valence electrons. The zero-order chi connectivity index (χ0) is 14.3. The number of rotatable bonds is 7. The predicted molar refractivity (Wildman–Crippen MR) is 77.0 cm³/mol. The van der Waals surface area contributed by atoms with Crippen molar-refractivity contribution >= 4 is 21.8 Å². The third kappa shape index (κ3) is 6.04. The van der Waals surface area contributed by atoms with Crippen LogP contribution in [0.25, 0.3) is 0 Å². The smallest absolute Gasteiger partial charge is 0.234 e. The molecule has 0 bridgehead atoms.